The Morgan fingerprint density at radius 3 is 2.75 bits per heavy atom. The summed E-state index contributed by atoms with van der Waals surface area (Å²) in [5.74, 6) is -2.02. The average molecular weight is 353 g/mol. The lowest BCUT2D eigenvalue weighted by Gasteiger charge is -2.17. The van der Waals surface area contributed by atoms with Gasteiger partial charge in [0.05, 0.1) is 18.9 Å². The number of rotatable bonds is 6. The number of halogens is 1. The molecule has 1 aromatic heterocycles. The molecule has 2 aromatic rings. The van der Waals surface area contributed by atoms with Crippen LogP contribution in [0.3, 0.4) is 0 Å². The molecule has 0 saturated carbocycles. The van der Waals surface area contributed by atoms with E-state index in [1.807, 2.05) is 0 Å². The summed E-state index contributed by atoms with van der Waals surface area (Å²) in [5, 5.41) is 19.7. The van der Waals surface area contributed by atoms with Gasteiger partial charge in [0, 0.05) is 11.1 Å². The highest BCUT2D eigenvalue weighted by Gasteiger charge is 2.26. The van der Waals surface area contributed by atoms with Gasteiger partial charge in [0.15, 0.2) is 5.76 Å². The minimum atomic E-state index is -0.776. The Morgan fingerprint density at radius 1 is 1.38 bits per heavy atom. The van der Waals surface area contributed by atoms with E-state index in [2.05, 4.69) is 0 Å². The molecular weight excluding hydrogens is 336 g/mol. The van der Waals surface area contributed by atoms with E-state index in [1.165, 1.54) is 0 Å². The third-order valence-electron chi connectivity index (χ3n) is 3.40. The van der Waals surface area contributed by atoms with Gasteiger partial charge in [-0.15, -0.1) is 0 Å². The van der Waals surface area contributed by atoms with E-state index in [4.69, 9.17) is 20.8 Å². The maximum atomic E-state index is 11.9. The Hall–Kier alpha value is -2.31. The average Bonchev–Trinajstić information content (AvgIpc) is 2.55. The number of ether oxygens (including phenoxy) is 1. The lowest BCUT2D eigenvalue weighted by molar-refractivity contribution is -0.143. The van der Waals surface area contributed by atoms with Crippen molar-refractivity contribution in [2.45, 2.75) is 25.9 Å². The molecule has 0 radical (unpaired) electrons. The number of esters is 1. The van der Waals surface area contributed by atoms with Gasteiger partial charge in [-0.2, -0.15) is 0 Å². The van der Waals surface area contributed by atoms with Crippen LogP contribution in [0.15, 0.2) is 39.5 Å². The van der Waals surface area contributed by atoms with Gasteiger partial charge in [0.2, 0.25) is 11.2 Å². The molecule has 0 saturated heterocycles. The number of aliphatic hydroxyl groups excluding tert-OH is 1. The Labute approximate surface area is 143 Å². The number of hydrogen-bond acceptors (Lipinski definition) is 6. The van der Waals surface area contributed by atoms with E-state index in [-0.39, 0.29) is 24.5 Å². The zero-order chi connectivity index (χ0) is 17.7. The summed E-state index contributed by atoms with van der Waals surface area (Å²) in [6.07, 6.45) is -0.153. The molecule has 0 aliphatic heterocycles. The summed E-state index contributed by atoms with van der Waals surface area (Å²) < 4.78 is 10.4. The second kappa shape index (κ2) is 7.99. The molecule has 7 heteroatoms. The van der Waals surface area contributed by atoms with Crippen molar-refractivity contribution < 1.29 is 24.2 Å². The first-order valence-electron chi connectivity index (χ1n) is 7.34. The fourth-order valence-corrected chi connectivity index (χ4v) is 2.54. The molecule has 2 rings (SSSR count). The van der Waals surface area contributed by atoms with Crippen LogP contribution in [-0.4, -0.2) is 22.8 Å². The van der Waals surface area contributed by atoms with E-state index in [0.717, 1.165) is 6.07 Å². The van der Waals surface area contributed by atoms with Crippen LogP contribution >= 0.6 is 11.6 Å². The molecule has 1 aromatic carbocycles. The van der Waals surface area contributed by atoms with Gasteiger partial charge in [-0.05, 0) is 24.6 Å². The van der Waals surface area contributed by atoms with Gasteiger partial charge in [-0.1, -0.05) is 23.7 Å². The largest absolute Gasteiger partial charge is 0.502 e. The number of benzene rings is 1. The molecule has 128 valence electrons. The van der Waals surface area contributed by atoms with Crippen LogP contribution in [-0.2, 0) is 16.1 Å². The Balaban J connectivity index is 2.56. The van der Waals surface area contributed by atoms with Crippen LogP contribution in [0, 0.1) is 0 Å². The second-order valence-corrected chi connectivity index (χ2v) is 5.50. The van der Waals surface area contributed by atoms with Crippen LogP contribution in [0.1, 0.15) is 36.3 Å². The summed E-state index contributed by atoms with van der Waals surface area (Å²) in [7, 11) is 0. The van der Waals surface area contributed by atoms with Crippen molar-refractivity contribution in [3.05, 3.63) is 62.7 Å². The molecule has 0 bridgehead atoms. The van der Waals surface area contributed by atoms with Crippen LogP contribution in [0.25, 0.3) is 0 Å². The summed E-state index contributed by atoms with van der Waals surface area (Å²) in [6.45, 7) is 1.37. The molecule has 0 fully saturated rings. The molecule has 6 nitrogen and oxygen atoms in total. The summed E-state index contributed by atoms with van der Waals surface area (Å²) in [4.78, 5) is 23.8. The number of hydrogen-bond donors (Lipinski definition) is 2. The SMILES string of the molecule is CCOC(=O)CC(c1cccc(Cl)c1)c1oc(CO)cc(=O)c1O. The molecule has 1 unspecified atom stereocenters. The molecule has 0 amide bonds. The van der Waals surface area contributed by atoms with Gasteiger partial charge in [0.1, 0.15) is 12.4 Å². The van der Waals surface area contributed by atoms with Crippen molar-refractivity contribution in [1.29, 1.82) is 0 Å². The molecule has 0 spiro atoms. The topological polar surface area (TPSA) is 97.0 Å². The third-order valence-corrected chi connectivity index (χ3v) is 3.63. The standard InChI is InChI=1S/C17H17ClO6/c1-2-23-15(21)8-13(10-4-3-5-11(18)6-10)17-16(22)14(20)7-12(9-19)24-17/h3-7,13,19,22H,2,8-9H2,1H3. The number of aliphatic hydroxyl groups is 1. The van der Waals surface area contributed by atoms with E-state index in [9.17, 15) is 19.8 Å². The lowest BCUT2D eigenvalue weighted by atomic mass is 9.92. The zero-order valence-electron chi connectivity index (χ0n) is 13.0. The normalized spacial score (nSPS) is 12.0. The first-order valence-corrected chi connectivity index (χ1v) is 7.71. The van der Waals surface area contributed by atoms with Crippen LogP contribution in [0.4, 0.5) is 0 Å². The first kappa shape index (κ1) is 18.0. The minimum absolute atomic E-state index is 0.0105. The fourth-order valence-electron chi connectivity index (χ4n) is 2.34. The van der Waals surface area contributed by atoms with Gasteiger partial charge < -0.3 is 19.4 Å². The fraction of sp³-hybridized carbons (Fsp3) is 0.294. The van der Waals surface area contributed by atoms with Gasteiger partial charge in [0.25, 0.3) is 0 Å². The van der Waals surface area contributed by atoms with Crippen LogP contribution in [0.5, 0.6) is 5.75 Å². The van der Waals surface area contributed by atoms with Crippen molar-refractivity contribution in [3.63, 3.8) is 0 Å². The maximum absolute atomic E-state index is 11.9. The van der Waals surface area contributed by atoms with E-state index in [0.29, 0.717) is 10.6 Å². The Bertz CT molecular complexity index is 783. The van der Waals surface area contributed by atoms with Crippen molar-refractivity contribution in [1.82, 2.24) is 0 Å². The van der Waals surface area contributed by atoms with Gasteiger partial charge >= 0.3 is 5.97 Å². The Morgan fingerprint density at radius 2 is 2.12 bits per heavy atom. The smallest absolute Gasteiger partial charge is 0.306 e. The molecule has 0 aliphatic carbocycles. The predicted molar refractivity (Wildman–Crippen MR) is 87.1 cm³/mol. The van der Waals surface area contributed by atoms with Crippen molar-refractivity contribution in [2.24, 2.45) is 0 Å². The molecule has 1 atom stereocenters. The van der Waals surface area contributed by atoms with E-state index in [1.54, 1.807) is 31.2 Å². The van der Waals surface area contributed by atoms with Gasteiger partial charge in [-0.3, -0.25) is 9.59 Å². The van der Waals surface area contributed by atoms with Crippen LogP contribution in [0.2, 0.25) is 5.02 Å². The third kappa shape index (κ3) is 4.15. The van der Waals surface area contributed by atoms with Crippen molar-refractivity contribution in [2.75, 3.05) is 6.61 Å². The summed E-state index contributed by atoms with van der Waals surface area (Å²) in [6, 6.07) is 7.64. The number of carbonyl (C=O) groups excluding carboxylic acids is 1. The molecule has 24 heavy (non-hydrogen) atoms. The van der Waals surface area contributed by atoms with Crippen LogP contribution < -0.4 is 5.43 Å². The highest BCUT2D eigenvalue weighted by atomic mass is 35.5. The lowest BCUT2D eigenvalue weighted by Crippen LogP contribution is -2.15. The van der Waals surface area contributed by atoms with E-state index >= 15 is 0 Å². The summed E-state index contributed by atoms with van der Waals surface area (Å²) in [5.41, 5.74) is -0.125. The zero-order valence-corrected chi connectivity index (χ0v) is 13.7. The minimum Gasteiger partial charge on any atom is -0.502 e. The predicted octanol–water partition coefficient (Wildman–Crippen LogP) is 2.58. The summed E-state index contributed by atoms with van der Waals surface area (Å²) >= 11 is 5.99. The Kier molecular flexibility index (Phi) is 6.00. The first-order chi connectivity index (χ1) is 11.5. The molecule has 2 N–H and O–H groups in total. The van der Waals surface area contributed by atoms with E-state index < -0.39 is 29.7 Å². The number of carbonyl (C=O) groups is 1. The molecule has 1 heterocycles. The molecular formula is C17H17ClO6. The maximum Gasteiger partial charge on any atom is 0.306 e. The molecule has 0 aliphatic rings. The number of aromatic hydroxyl groups is 1. The quantitative estimate of drug-likeness (QED) is 0.775. The highest BCUT2D eigenvalue weighted by molar-refractivity contribution is 6.30. The second-order valence-electron chi connectivity index (χ2n) is 5.06. The van der Waals surface area contributed by atoms with Crippen molar-refractivity contribution in [3.8, 4) is 5.75 Å². The monoisotopic (exact) mass is 352 g/mol. The van der Waals surface area contributed by atoms with Gasteiger partial charge in [-0.25, -0.2) is 0 Å². The highest BCUT2D eigenvalue weighted by Crippen LogP contribution is 2.34. The van der Waals surface area contributed by atoms with Crippen molar-refractivity contribution >= 4 is 17.6 Å².